The highest BCUT2D eigenvalue weighted by Crippen LogP contribution is 2.15. The van der Waals surface area contributed by atoms with Crippen LogP contribution in [-0.4, -0.2) is 36.3 Å². The molecule has 1 fully saturated rings. The molecule has 0 bridgehead atoms. The second-order valence-electron chi connectivity index (χ2n) is 6.12. The number of nitrogens with zero attached hydrogens (tertiary/aromatic N) is 1. The van der Waals surface area contributed by atoms with Crippen LogP contribution in [0, 0.1) is 0 Å². The Morgan fingerprint density at radius 3 is 2.61 bits per heavy atom. The molecule has 1 aromatic carbocycles. The first kappa shape index (κ1) is 17.7. The van der Waals surface area contributed by atoms with Crippen molar-refractivity contribution in [1.29, 1.82) is 0 Å². The summed E-state index contributed by atoms with van der Waals surface area (Å²) in [5, 5.41) is 0. The number of likely N-dealkylation sites (tertiary alicyclic amines) is 1. The van der Waals surface area contributed by atoms with Gasteiger partial charge in [-0.15, -0.1) is 0 Å². The van der Waals surface area contributed by atoms with Crippen LogP contribution in [0.4, 0.5) is 0 Å². The first-order valence-electron chi connectivity index (χ1n) is 8.69. The second kappa shape index (κ2) is 9.46. The number of benzene rings is 1. The van der Waals surface area contributed by atoms with Gasteiger partial charge in [0, 0.05) is 24.9 Å². The Hall–Kier alpha value is -1.68. The van der Waals surface area contributed by atoms with E-state index in [-0.39, 0.29) is 11.8 Å². The van der Waals surface area contributed by atoms with E-state index in [1.54, 1.807) is 6.92 Å². The highest BCUT2D eigenvalue weighted by Gasteiger charge is 2.13. The standard InChI is InChI=1S/C19H27NO3/c1-2-23-19(22)11-4-3-10-18(21)17-9-7-8-16(14-17)15-20-12-5-6-13-20/h7-9,14H,2-6,10-13,15H2,1H3. The molecular formula is C19H27NO3. The SMILES string of the molecule is CCOC(=O)CCCCC(=O)c1cccc(CN2CCCC2)c1. The lowest BCUT2D eigenvalue weighted by molar-refractivity contribution is -0.143. The number of esters is 1. The smallest absolute Gasteiger partial charge is 0.305 e. The van der Waals surface area contributed by atoms with Crippen molar-refractivity contribution in [2.24, 2.45) is 0 Å². The topological polar surface area (TPSA) is 46.6 Å². The van der Waals surface area contributed by atoms with Crippen LogP contribution in [0.25, 0.3) is 0 Å². The zero-order chi connectivity index (χ0) is 16.5. The van der Waals surface area contributed by atoms with Crippen LogP contribution in [0.3, 0.4) is 0 Å². The van der Waals surface area contributed by atoms with Gasteiger partial charge < -0.3 is 4.74 Å². The largest absolute Gasteiger partial charge is 0.466 e. The molecule has 2 rings (SSSR count). The molecule has 1 aromatic rings. The summed E-state index contributed by atoms with van der Waals surface area (Å²) in [4.78, 5) is 26.0. The lowest BCUT2D eigenvalue weighted by Crippen LogP contribution is -2.18. The summed E-state index contributed by atoms with van der Waals surface area (Å²) in [6, 6.07) is 7.97. The predicted octanol–water partition coefficient (Wildman–Crippen LogP) is 3.59. The third-order valence-corrected chi connectivity index (χ3v) is 4.19. The van der Waals surface area contributed by atoms with Crippen LogP contribution in [0.2, 0.25) is 0 Å². The first-order chi connectivity index (χ1) is 11.2. The molecule has 0 aliphatic carbocycles. The summed E-state index contributed by atoms with van der Waals surface area (Å²) in [5.74, 6) is -0.00955. The average Bonchev–Trinajstić information content (AvgIpc) is 3.05. The number of rotatable bonds is 9. The van der Waals surface area contributed by atoms with Crippen LogP contribution in [0.1, 0.15) is 61.4 Å². The Labute approximate surface area is 138 Å². The fraction of sp³-hybridized carbons (Fsp3) is 0.579. The van der Waals surface area contributed by atoms with Gasteiger partial charge in [-0.25, -0.2) is 0 Å². The Kier molecular flexibility index (Phi) is 7.27. The molecule has 23 heavy (non-hydrogen) atoms. The van der Waals surface area contributed by atoms with Crippen molar-refractivity contribution in [3.8, 4) is 0 Å². The molecule has 0 N–H and O–H groups in total. The van der Waals surface area contributed by atoms with Gasteiger partial charge in [-0.05, 0) is 57.3 Å². The van der Waals surface area contributed by atoms with E-state index in [1.165, 1.54) is 18.4 Å². The van der Waals surface area contributed by atoms with Crippen LogP contribution < -0.4 is 0 Å². The lowest BCUT2D eigenvalue weighted by Gasteiger charge is -2.15. The molecule has 0 spiro atoms. The van der Waals surface area contributed by atoms with Crippen LogP contribution in [0.5, 0.6) is 0 Å². The maximum absolute atomic E-state index is 12.3. The minimum absolute atomic E-state index is 0.164. The molecule has 1 aliphatic heterocycles. The third kappa shape index (κ3) is 6.14. The molecule has 4 heteroatoms. The fourth-order valence-electron chi connectivity index (χ4n) is 2.97. The molecule has 1 aliphatic rings. The highest BCUT2D eigenvalue weighted by atomic mass is 16.5. The molecule has 0 amide bonds. The number of ketones is 1. The van der Waals surface area contributed by atoms with Crippen molar-refractivity contribution in [3.05, 3.63) is 35.4 Å². The summed E-state index contributed by atoms with van der Waals surface area (Å²) in [6.07, 6.45) is 4.88. The summed E-state index contributed by atoms with van der Waals surface area (Å²) in [5.41, 5.74) is 2.00. The molecular weight excluding hydrogens is 290 g/mol. The van der Waals surface area contributed by atoms with Crippen LogP contribution in [-0.2, 0) is 16.1 Å². The van der Waals surface area contributed by atoms with Crippen LogP contribution >= 0.6 is 0 Å². The molecule has 0 atom stereocenters. The minimum atomic E-state index is -0.174. The van der Waals surface area contributed by atoms with Gasteiger partial charge in [-0.2, -0.15) is 0 Å². The van der Waals surface area contributed by atoms with Gasteiger partial charge in [0.05, 0.1) is 6.61 Å². The Balaban J connectivity index is 1.76. The molecule has 0 unspecified atom stereocenters. The van der Waals surface area contributed by atoms with E-state index in [0.29, 0.717) is 25.9 Å². The Bertz CT molecular complexity index is 521. The molecule has 4 nitrogen and oxygen atoms in total. The van der Waals surface area contributed by atoms with Crippen LogP contribution in [0.15, 0.2) is 24.3 Å². The van der Waals surface area contributed by atoms with E-state index in [4.69, 9.17) is 4.74 Å². The van der Waals surface area contributed by atoms with Crippen molar-refractivity contribution in [1.82, 2.24) is 4.90 Å². The summed E-state index contributed by atoms with van der Waals surface area (Å²) in [6.45, 7) is 5.47. The Morgan fingerprint density at radius 2 is 1.87 bits per heavy atom. The normalized spacial score (nSPS) is 14.8. The summed E-state index contributed by atoms with van der Waals surface area (Å²) < 4.78 is 4.88. The van der Waals surface area contributed by atoms with E-state index in [0.717, 1.165) is 31.6 Å². The van der Waals surface area contributed by atoms with Gasteiger partial charge in [0.25, 0.3) is 0 Å². The summed E-state index contributed by atoms with van der Waals surface area (Å²) in [7, 11) is 0. The van der Waals surface area contributed by atoms with Crippen molar-refractivity contribution < 1.29 is 14.3 Å². The molecule has 1 saturated heterocycles. The van der Waals surface area contributed by atoms with Gasteiger partial charge >= 0.3 is 5.97 Å². The number of unbranched alkanes of at least 4 members (excludes halogenated alkanes) is 1. The Morgan fingerprint density at radius 1 is 1.13 bits per heavy atom. The first-order valence-corrected chi connectivity index (χ1v) is 8.69. The van der Waals surface area contributed by atoms with Gasteiger partial charge in [0.1, 0.15) is 0 Å². The molecule has 0 saturated carbocycles. The average molecular weight is 317 g/mol. The zero-order valence-electron chi connectivity index (χ0n) is 14.1. The molecule has 1 heterocycles. The third-order valence-electron chi connectivity index (χ3n) is 4.19. The van der Waals surface area contributed by atoms with Crippen molar-refractivity contribution in [2.75, 3.05) is 19.7 Å². The predicted molar refractivity (Wildman–Crippen MR) is 90.4 cm³/mol. The summed E-state index contributed by atoms with van der Waals surface area (Å²) >= 11 is 0. The number of ether oxygens (including phenoxy) is 1. The molecule has 0 aromatic heterocycles. The molecule has 0 radical (unpaired) electrons. The van der Waals surface area contributed by atoms with E-state index in [2.05, 4.69) is 11.0 Å². The number of carbonyl (C=O) groups is 2. The molecule has 126 valence electrons. The number of hydrogen-bond acceptors (Lipinski definition) is 4. The number of Topliss-reactive ketones (excluding diaryl/α,β-unsaturated/α-hetero) is 1. The van der Waals surface area contributed by atoms with E-state index in [9.17, 15) is 9.59 Å². The minimum Gasteiger partial charge on any atom is -0.466 e. The fourth-order valence-corrected chi connectivity index (χ4v) is 2.97. The second-order valence-corrected chi connectivity index (χ2v) is 6.12. The highest BCUT2D eigenvalue weighted by molar-refractivity contribution is 5.96. The monoisotopic (exact) mass is 317 g/mol. The number of carbonyl (C=O) groups excluding carboxylic acids is 2. The lowest BCUT2D eigenvalue weighted by atomic mass is 10.0. The van der Waals surface area contributed by atoms with E-state index < -0.39 is 0 Å². The quantitative estimate of drug-likeness (QED) is 0.397. The number of hydrogen-bond donors (Lipinski definition) is 0. The van der Waals surface area contributed by atoms with Gasteiger partial charge in [0.15, 0.2) is 5.78 Å². The van der Waals surface area contributed by atoms with Crippen molar-refractivity contribution >= 4 is 11.8 Å². The van der Waals surface area contributed by atoms with Gasteiger partial charge in [-0.1, -0.05) is 18.2 Å². The van der Waals surface area contributed by atoms with E-state index >= 15 is 0 Å². The van der Waals surface area contributed by atoms with Gasteiger partial charge in [0.2, 0.25) is 0 Å². The van der Waals surface area contributed by atoms with Crippen molar-refractivity contribution in [3.63, 3.8) is 0 Å². The maximum atomic E-state index is 12.3. The maximum Gasteiger partial charge on any atom is 0.305 e. The van der Waals surface area contributed by atoms with Gasteiger partial charge in [-0.3, -0.25) is 14.5 Å². The van der Waals surface area contributed by atoms with Crippen molar-refractivity contribution in [2.45, 2.75) is 52.0 Å². The zero-order valence-corrected chi connectivity index (χ0v) is 14.1. The van der Waals surface area contributed by atoms with E-state index in [1.807, 2.05) is 18.2 Å².